The minimum Gasteiger partial charge on any atom is -0.465 e. The first kappa shape index (κ1) is 30.1. The summed E-state index contributed by atoms with van der Waals surface area (Å²) < 4.78 is 23.1. The number of amides is 2. The zero-order valence-corrected chi connectivity index (χ0v) is 25.5. The van der Waals surface area contributed by atoms with Crippen molar-refractivity contribution in [3.05, 3.63) is 70.9 Å². The third-order valence-electron chi connectivity index (χ3n) is 9.13. The van der Waals surface area contributed by atoms with Gasteiger partial charge < -0.3 is 24.4 Å². The number of alkyl halides is 1. The number of halogens is 1. The Hall–Kier alpha value is -3.39. The first-order valence-electron chi connectivity index (χ1n) is 15.4. The summed E-state index contributed by atoms with van der Waals surface area (Å²) in [5.74, 6) is 0.221. The molecule has 0 atom stereocenters. The van der Waals surface area contributed by atoms with Crippen LogP contribution in [0.1, 0.15) is 66.7 Å². The molecule has 42 heavy (non-hydrogen) atoms. The number of hydrogen-bond acceptors (Lipinski definition) is 4. The van der Waals surface area contributed by atoms with E-state index in [0.29, 0.717) is 44.0 Å². The number of carbonyl (C=O) groups excluding carboxylic acids is 2. The second-order valence-corrected chi connectivity index (χ2v) is 12.5. The summed E-state index contributed by atoms with van der Waals surface area (Å²) in [5.41, 5.74) is 4.36. The highest BCUT2D eigenvalue weighted by Gasteiger charge is 2.38. The molecule has 2 aliphatic heterocycles. The molecule has 3 heterocycles. The van der Waals surface area contributed by atoms with E-state index in [1.165, 1.54) is 29.3 Å². The van der Waals surface area contributed by atoms with Crippen molar-refractivity contribution in [1.29, 1.82) is 0 Å². The summed E-state index contributed by atoms with van der Waals surface area (Å²) in [6.45, 7) is 10.3. The molecule has 1 aromatic heterocycles. The quantitative estimate of drug-likeness (QED) is 0.336. The molecule has 8 heteroatoms. The SMILES string of the molecule is COC(=O)c1ccc(Cc2c(C)n(CC3CCN(CC4(F)CCN(C(=O)NC(C)C)CC4)CC3)c3ccccc23)cc1. The minimum absolute atomic E-state index is 0.0830. The molecule has 0 spiro atoms. The molecule has 2 fully saturated rings. The zero-order valence-electron chi connectivity index (χ0n) is 25.5. The number of urea groups is 1. The Morgan fingerprint density at radius 2 is 1.69 bits per heavy atom. The second kappa shape index (κ2) is 12.9. The van der Waals surface area contributed by atoms with Gasteiger partial charge in [-0.1, -0.05) is 30.3 Å². The predicted molar refractivity (Wildman–Crippen MR) is 165 cm³/mol. The molecule has 3 aromatic rings. The maximum Gasteiger partial charge on any atom is 0.337 e. The highest BCUT2D eigenvalue weighted by Crippen LogP contribution is 2.33. The van der Waals surface area contributed by atoms with Crippen molar-refractivity contribution in [2.45, 2.75) is 71.1 Å². The van der Waals surface area contributed by atoms with E-state index in [1.54, 1.807) is 4.90 Å². The Bertz CT molecular complexity index is 1380. The lowest BCUT2D eigenvalue weighted by molar-refractivity contribution is 0.0227. The van der Waals surface area contributed by atoms with Gasteiger partial charge in [-0.25, -0.2) is 14.0 Å². The number of methoxy groups -OCH3 is 1. The molecular formula is C34H45FN4O3. The fourth-order valence-corrected chi connectivity index (χ4v) is 6.63. The molecule has 0 aliphatic carbocycles. The number of esters is 1. The van der Waals surface area contributed by atoms with Gasteiger partial charge in [-0.15, -0.1) is 0 Å². The van der Waals surface area contributed by atoms with Crippen LogP contribution in [0.3, 0.4) is 0 Å². The van der Waals surface area contributed by atoms with Crippen molar-refractivity contribution in [3.8, 4) is 0 Å². The number of aromatic nitrogens is 1. The largest absolute Gasteiger partial charge is 0.465 e. The van der Waals surface area contributed by atoms with E-state index in [1.807, 2.05) is 38.1 Å². The van der Waals surface area contributed by atoms with Gasteiger partial charge in [0.15, 0.2) is 0 Å². The van der Waals surface area contributed by atoms with Crippen LogP contribution in [0, 0.1) is 12.8 Å². The van der Waals surface area contributed by atoms with Crippen LogP contribution in [0.5, 0.6) is 0 Å². The van der Waals surface area contributed by atoms with Gasteiger partial charge >= 0.3 is 12.0 Å². The number of fused-ring (bicyclic) bond motifs is 1. The van der Waals surface area contributed by atoms with Gasteiger partial charge in [-0.2, -0.15) is 0 Å². The molecular weight excluding hydrogens is 531 g/mol. The van der Waals surface area contributed by atoms with E-state index in [-0.39, 0.29) is 18.0 Å². The zero-order chi connectivity index (χ0) is 29.9. The van der Waals surface area contributed by atoms with E-state index >= 15 is 4.39 Å². The average molecular weight is 577 g/mol. The fraction of sp³-hybridized carbons (Fsp3) is 0.529. The Labute approximate surface area is 249 Å². The van der Waals surface area contributed by atoms with Crippen LogP contribution in [0.25, 0.3) is 10.9 Å². The Balaban J connectivity index is 1.19. The number of nitrogens with one attached hydrogen (secondary N) is 1. The Kier molecular flexibility index (Phi) is 9.21. The smallest absolute Gasteiger partial charge is 0.337 e. The van der Waals surface area contributed by atoms with Crippen molar-refractivity contribution in [2.24, 2.45) is 5.92 Å². The van der Waals surface area contributed by atoms with Crippen LogP contribution in [-0.2, 0) is 17.7 Å². The van der Waals surface area contributed by atoms with Crippen LogP contribution < -0.4 is 5.32 Å². The summed E-state index contributed by atoms with van der Waals surface area (Å²) in [4.78, 5) is 28.2. The number of rotatable bonds is 8. The lowest BCUT2D eigenvalue weighted by atomic mass is 9.90. The van der Waals surface area contributed by atoms with Crippen LogP contribution in [0.15, 0.2) is 48.5 Å². The molecule has 5 rings (SSSR count). The van der Waals surface area contributed by atoms with E-state index in [4.69, 9.17) is 4.74 Å². The van der Waals surface area contributed by atoms with Gasteiger partial charge in [0, 0.05) is 61.7 Å². The van der Waals surface area contributed by atoms with E-state index in [0.717, 1.165) is 44.5 Å². The fourth-order valence-electron chi connectivity index (χ4n) is 6.63. The van der Waals surface area contributed by atoms with Crippen LogP contribution in [0.2, 0.25) is 0 Å². The molecule has 1 N–H and O–H groups in total. The minimum atomic E-state index is -1.22. The van der Waals surface area contributed by atoms with Gasteiger partial charge in [0.05, 0.1) is 12.7 Å². The number of para-hydroxylation sites is 1. The molecule has 2 amide bonds. The lowest BCUT2D eigenvalue weighted by Gasteiger charge is -2.41. The summed E-state index contributed by atoms with van der Waals surface area (Å²) in [5, 5.41) is 4.19. The number of likely N-dealkylation sites (tertiary alicyclic amines) is 2. The van der Waals surface area contributed by atoms with Gasteiger partial charge in [0.2, 0.25) is 0 Å². The monoisotopic (exact) mass is 576 g/mol. The second-order valence-electron chi connectivity index (χ2n) is 12.5. The van der Waals surface area contributed by atoms with Gasteiger partial charge in [-0.05, 0) is 88.4 Å². The lowest BCUT2D eigenvalue weighted by Crippen LogP contribution is -2.53. The normalized spacial score (nSPS) is 18.0. The summed E-state index contributed by atoms with van der Waals surface area (Å²) >= 11 is 0. The van der Waals surface area contributed by atoms with Crippen molar-refractivity contribution in [1.82, 2.24) is 19.7 Å². The number of hydrogen-bond donors (Lipinski definition) is 1. The number of carbonyl (C=O) groups is 2. The highest BCUT2D eigenvalue weighted by molar-refractivity contribution is 5.89. The number of nitrogens with zero attached hydrogens (tertiary/aromatic N) is 3. The third kappa shape index (κ3) is 6.80. The Morgan fingerprint density at radius 3 is 2.33 bits per heavy atom. The number of piperidine rings is 2. The van der Waals surface area contributed by atoms with Gasteiger partial charge in [-0.3, -0.25) is 0 Å². The molecule has 2 aliphatic rings. The molecule has 7 nitrogen and oxygen atoms in total. The highest BCUT2D eigenvalue weighted by atomic mass is 19.1. The van der Waals surface area contributed by atoms with Crippen molar-refractivity contribution in [3.63, 3.8) is 0 Å². The van der Waals surface area contributed by atoms with Gasteiger partial charge in [0.25, 0.3) is 0 Å². The molecule has 0 bridgehead atoms. The number of ether oxygens (including phenoxy) is 1. The standard InChI is InChI=1S/C34H45FN4O3/c1-24(2)36-33(41)38-19-15-34(35,16-20-38)23-37-17-13-27(14-18-37)22-39-25(3)30(29-7-5-6-8-31(29)39)21-26-9-11-28(12-10-26)32(40)42-4/h5-12,24,27H,13-23H2,1-4H3,(H,36,41). The summed E-state index contributed by atoms with van der Waals surface area (Å²) in [6, 6.07) is 16.3. The summed E-state index contributed by atoms with van der Waals surface area (Å²) in [6.07, 6.45) is 3.71. The average Bonchev–Trinajstić information content (AvgIpc) is 3.24. The first-order valence-corrected chi connectivity index (χ1v) is 15.4. The van der Waals surface area contributed by atoms with Crippen molar-refractivity contribution in [2.75, 3.05) is 39.8 Å². The molecule has 226 valence electrons. The molecule has 0 saturated carbocycles. The summed E-state index contributed by atoms with van der Waals surface area (Å²) in [7, 11) is 1.40. The molecule has 2 saturated heterocycles. The molecule has 2 aromatic carbocycles. The van der Waals surface area contributed by atoms with E-state index < -0.39 is 5.67 Å². The van der Waals surface area contributed by atoms with Crippen molar-refractivity contribution >= 4 is 22.9 Å². The first-order chi connectivity index (χ1) is 20.2. The molecule has 0 radical (unpaired) electrons. The van der Waals surface area contributed by atoms with Gasteiger partial charge in [0.1, 0.15) is 5.67 Å². The third-order valence-corrected chi connectivity index (χ3v) is 9.13. The van der Waals surface area contributed by atoms with E-state index in [2.05, 4.69) is 46.0 Å². The number of benzene rings is 2. The van der Waals surface area contributed by atoms with Crippen LogP contribution in [-0.4, -0.2) is 77.9 Å². The predicted octanol–water partition coefficient (Wildman–Crippen LogP) is 5.96. The maximum absolute atomic E-state index is 15.8. The van der Waals surface area contributed by atoms with E-state index in [9.17, 15) is 9.59 Å². The van der Waals surface area contributed by atoms with Crippen LogP contribution >= 0.6 is 0 Å². The maximum atomic E-state index is 15.8. The van der Waals surface area contributed by atoms with Crippen molar-refractivity contribution < 1.29 is 18.7 Å². The van der Waals surface area contributed by atoms with Crippen LogP contribution in [0.4, 0.5) is 9.18 Å². The topological polar surface area (TPSA) is 66.8 Å². The Morgan fingerprint density at radius 1 is 1.02 bits per heavy atom. The molecule has 0 unspecified atom stereocenters.